The van der Waals surface area contributed by atoms with E-state index in [2.05, 4.69) is 26.5 Å². The van der Waals surface area contributed by atoms with Crippen molar-refractivity contribution in [1.82, 2.24) is 30.1 Å². The molecular formula is C21H24N6O. The molecule has 3 heterocycles. The lowest BCUT2D eigenvalue weighted by Crippen LogP contribution is -2.38. The Kier molecular flexibility index (Phi) is 5.14. The van der Waals surface area contributed by atoms with E-state index in [9.17, 15) is 4.79 Å². The zero-order valence-corrected chi connectivity index (χ0v) is 16.2. The Morgan fingerprint density at radius 3 is 2.64 bits per heavy atom. The summed E-state index contributed by atoms with van der Waals surface area (Å²) in [5, 5.41) is 12.6. The predicted octanol–water partition coefficient (Wildman–Crippen LogP) is 3.68. The molecule has 4 rings (SSSR count). The summed E-state index contributed by atoms with van der Waals surface area (Å²) < 4.78 is 0. The van der Waals surface area contributed by atoms with Crippen molar-refractivity contribution in [3.05, 3.63) is 59.9 Å². The van der Waals surface area contributed by atoms with Crippen LogP contribution in [0.1, 0.15) is 61.1 Å². The molecule has 7 heteroatoms. The third-order valence-corrected chi connectivity index (χ3v) is 5.11. The van der Waals surface area contributed by atoms with Crippen LogP contribution in [0.4, 0.5) is 0 Å². The summed E-state index contributed by atoms with van der Waals surface area (Å²) in [4.78, 5) is 21.0. The van der Waals surface area contributed by atoms with E-state index in [1.165, 1.54) is 0 Å². The first-order valence-electron chi connectivity index (χ1n) is 9.74. The summed E-state index contributed by atoms with van der Waals surface area (Å²) in [5.74, 6) is 0.623. The maximum absolute atomic E-state index is 13.2. The normalized spacial score (nSPS) is 17.1. The number of tetrazole rings is 1. The lowest BCUT2D eigenvalue weighted by Gasteiger charge is -2.36. The van der Waals surface area contributed by atoms with Crippen LogP contribution in [-0.2, 0) is 0 Å². The second kappa shape index (κ2) is 7.88. The minimum atomic E-state index is 0.0545. The molecule has 0 saturated carbocycles. The van der Waals surface area contributed by atoms with Crippen LogP contribution in [0.3, 0.4) is 0 Å². The average Bonchev–Trinajstić information content (AvgIpc) is 3.25. The summed E-state index contributed by atoms with van der Waals surface area (Å²) in [5.41, 5.74) is 2.63. The van der Waals surface area contributed by atoms with Gasteiger partial charge in [-0.1, -0.05) is 18.2 Å². The maximum atomic E-state index is 13.2. The number of likely N-dealkylation sites (tertiary alicyclic amines) is 1. The molecule has 0 spiro atoms. The number of hydrogen-bond acceptors (Lipinski definition) is 5. The highest BCUT2D eigenvalue weighted by Crippen LogP contribution is 2.31. The molecule has 0 aliphatic carbocycles. The lowest BCUT2D eigenvalue weighted by atomic mass is 9.95. The molecule has 3 aromatic rings. The Morgan fingerprint density at radius 2 is 1.96 bits per heavy atom. The molecule has 7 nitrogen and oxygen atoms in total. The number of nitrogens with zero attached hydrogens (tertiary/aromatic N) is 6. The van der Waals surface area contributed by atoms with Crippen molar-refractivity contribution < 1.29 is 4.79 Å². The van der Waals surface area contributed by atoms with Gasteiger partial charge in [-0.3, -0.25) is 9.78 Å². The molecule has 1 aliphatic heterocycles. The fourth-order valence-electron chi connectivity index (χ4n) is 3.58. The van der Waals surface area contributed by atoms with Crippen molar-refractivity contribution in [3.63, 3.8) is 0 Å². The summed E-state index contributed by atoms with van der Waals surface area (Å²) in [6.45, 7) is 4.78. The van der Waals surface area contributed by atoms with Crippen LogP contribution in [0.2, 0.25) is 0 Å². The van der Waals surface area contributed by atoms with Gasteiger partial charge in [0.25, 0.3) is 5.91 Å². The van der Waals surface area contributed by atoms with Gasteiger partial charge in [-0.25, -0.2) is 0 Å². The molecule has 1 fully saturated rings. The Balaban J connectivity index is 1.55. The van der Waals surface area contributed by atoms with Crippen molar-refractivity contribution in [2.45, 2.75) is 45.2 Å². The van der Waals surface area contributed by atoms with E-state index in [0.717, 1.165) is 36.9 Å². The number of piperidine rings is 1. The smallest absolute Gasteiger partial charge is 0.254 e. The molecule has 1 saturated heterocycles. The number of amides is 1. The minimum Gasteiger partial charge on any atom is -0.332 e. The Bertz CT molecular complexity index is 935. The van der Waals surface area contributed by atoms with E-state index in [-0.39, 0.29) is 18.0 Å². The van der Waals surface area contributed by atoms with Gasteiger partial charge in [-0.15, -0.1) is 10.2 Å². The van der Waals surface area contributed by atoms with Gasteiger partial charge in [-0.05, 0) is 62.1 Å². The topological polar surface area (TPSA) is 76.8 Å². The van der Waals surface area contributed by atoms with Gasteiger partial charge in [0, 0.05) is 30.1 Å². The molecule has 0 N–H and O–H groups in total. The molecule has 144 valence electrons. The number of hydrogen-bond donors (Lipinski definition) is 0. The van der Waals surface area contributed by atoms with Crippen LogP contribution in [0, 0.1) is 0 Å². The third-order valence-electron chi connectivity index (χ3n) is 5.11. The van der Waals surface area contributed by atoms with Crippen molar-refractivity contribution in [1.29, 1.82) is 0 Å². The number of aromatic nitrogens is 5. The minimum absolute atomic E-state index is 0.0545. The summed E-state index contributed by atoms with van der Waals surface area (Å²) in [7, 11) is 0. The molecule has 0 bridgehead atoms. The quantitative estimate of drug-likeness (QED) is 0.694. The van der Waals surface area contributed by atoms with Crippen LogP contribution in [0.25, 0.3) is 11.4 Å². The molecule has 0 unspecified atom stereocenters. The van der Waals surface area contributed by atoms with Gasteiger partial charge in [0.05, 0.1) is 12.1 Å². The molecule has 1 aromatic carbocycles. The van der Waals surface area contributed by atoms with Crippen molar-refractivity contribution in [2.24, 2.45) is 0 Å². The first-order chi connectivity index (χ1) is 13.6. The second-order valence-corrected chi connectivity index (χ2v) is 7.40. The van der Waals surface area contributed by atoms with Gasteiger partial charge >= 0.3 is 0 Å². The van der Waals surface area contributed by atoms with Crippen molar-refractivity contribution in [2.75, 3.05) is 6.54 Å². The number of benzene rings is 1. The summed E-state index contributed by atoms with van der Waals surface area (Å²) >= 11 is 0. The van der Waals surface area contributed by atoms with E-state index in [0.29, 0.717) is 11.4 Å². The van der Waals surface area contributed by atoms with Crippen LogP contribution in [0.15, 0.2) is 48.8 Å². The highest BCUT2D eigenvalue weighted by Gasteiger charge is 2.28. The Labute approximate surface area is 164 Å². The first-order valence-corrected chi connectivity index (χ1v) is 9.74. The van der Waals surface area contributed by atoms with E-state index in [4.69, 9.17) is 0 Å². The largest absolute Gasteiger partial charge is 0.332 e. The van der Waals surface area contributed by atoms with Crippen molar-refractivity contribution >= 4 is 5.91 Å². The SMILES string of the molecule is CC(C)n1nnc(-c2ccc(C(=O)N3CCCC[C@@H]3c3cccnc3)cc2)n1. The highest BCUT2D eigenvalue weighted by molar-refractivity contribution is 5.95. The Hall–Kier alpha value is -3.09. The zero-order valence-electron chi connectivity index (χ0n) is 16.2. The highest BCUT2D eigenvalue weighted by atomic mass is 16.2. The molecule has 1 atom stereocenters. The van der Waals surface area contributed by atoms with Crippen LogP contribution in [-0.4, -0.2) is 42.5 Å². The van der Waals surface area contributed by atoms with Crippen LogP contribution < -0.4 is 0 Å². The maximum Gasteiger partial charge on any atom is 0.254 e. The van der Waals surface area contributed by atoms with Gasteiger partial charge in [0.1, 0.15) is 0 Å². The van der Waals surface area contributed by atoms with E-state index >= 15 is 0 Å². The lowest BCUT2D eigenvalue weighted by molar-refractivity contribution is 0.0611. The third kappa shape index (κ3) is 3.65. The van der Waals surface area contributed by atoms with Gasteiger partial charge in [-0.2, -0.15) is 4.80 Å². The fourth-order valence-corrected chi connectivity index (χ4v) is 3.58. The van der Waals surface area contributed by atoms with Gasteiger partial charge in [0.2, 0.25) is 5.82 Å². The van der Waals surface area contributed by atoms with E-state index < -0.39 is 0 Å². The molecule has 1 amide bonds. The fraction of sp³-hybridized carbons (Fsp3) is 0.381. The number of carbonyl (C=O) groups is 1. The van der Waals surface area contributed by atoms with Crippen LogP contribution >= 0.6 is 0 Å². The molecule has 0 radical (unpaired) electrons. The Morgan fingerprint density at radius 1 is 1.14 bits per heavy atom. The number of carbonyl (C=O) groups excluding carboxylic acids is 1. The van der Waals surface area contributed by atoms with Crippen molar-refractivity contribution in [3.8, 4) is 11.4 Å². The molecule has 2 aromatic heterocycles. The number of pyridine rings is 1. The zero-order chi connectivity index (χ0) is 19.5. The molecule has 1 aliphatic rings. The predicted molar refractivity (Wildman–Crippen MR) is 106 cm³/mol. The van der Waals surface area contributed by atoms with Gasteiger partial charge in [0.15, 0.2) is 0 Å². The number of rotatable bonds is 4. The van der Waals surface area contributed by atoms with E-state index in [1.54, 1.807) is 11.0 Å². The monoisotopic (exact) mass is 376 g/mol. The van der Waals surface area contributed by atoms with Crippen LogP contribution in [0.5, 0.6) is 0 Å². The molecular weight excluding hydrogens is 352 g/mol. The summed E-state index contributed by atoms with van der Waals surface area (Å²) in [6.07, 6.45) is 6.75. The standard InChI is InChI=1S/C21H24N6O/c1-15(2)27-24-20(23-25-27)16-8-10-17(11-9-16)21(28)26-13-4-3-7-19(26)18-6-5-12-22-14-18/h5-6,8-12,14-15,19H,3-4,7,13H2,1-2H3/t19-/m1/s1. The molecule has 28 heavy (non-hydrogen) atoms. The van der Waals surface area contributed by atoms with Gasteiger partial charge < -0.3 is 4.90 Å². The second-order valence-electron chi connectivity index (χ2n) is 7.40. The average molecular weight is 376 g/mol. The van der Waals surface area contributed by atoms with E-state index in [1.807, 2.05) is 55.3 Å². The summed E-state index contributed by atoms with van der Waals surface area (Å²) in [6, 6.07) is 11.7. The first kappa shape index (κ1) is 18.3.